The fourth-order valence-corrected chi connectivity index (χ4v) is 3.94. The number of esters is 1. The number of alkyl halides is 3. The highest BCUT2D eigenvalue weighted by Gasteiger charge is 2.30. The number of rotatable bonds is 6. The highest BCUT2D eigenvalue weighted by molar-refractivity contribution is 7.89. The topological polar surface area (TPSA) is 90.9 Å². The highest BCUT2D eigenvalue weighted by atomic mass is 32.2. The molecular weight excluding hydrogens is 439 g/mol. The minimum absolute atomic E-state index is 0.112. The zero-order valence-electron chi connectivity index (χ0n) is 16.4. The second-order valence-corrected chi connectivity index (χ2v) is 8.52. The molecule has 2 aromatic carbocycles. The van der Waals surface area contributed by atoms with Crippen LogP contribution < -0.4 is 14.2 Å². The van der Waals surface area contributed by atoms with Crippen molar-refractivity contribution >= 4 is 16.0 Å². The normalized spacial score (nSPS) is 15.1. The van der Waals surface area contributed by atoms with Crippen molar-refractivity contribution in [3.8, 4) is 11.5 Å². The number of hydrogen-bond acceptors (Lipinski definition) is 6. The van der Waals surface area contributed by atoms with E-state index in [0.717, 1.165) is 12.1 Å². The van der Waals surface area contributed by atoms with Crippen LogP contribution in [-0.2, 0) is 32.3 Å². The van der Waals surface area contributed by atoms with Gasteiger partial charge >= 0.3 is 12.1 Å². The molecule has 1 heterocycles. The number of benzene rings is 2. The Morgan fingerprint density at radius 1 is 1.10 bits per heavy atom. The quantitative estimate of drug-likeness (QED) is 0.667. The predicted molar refractivity (Wildman–Crippen MR) is 103 cm³/mol. The predicted octanol–water partition coefficient (Wildman–Crippen LogP) is 3.28. The molecular formula is C20H20F3NO6S. The SMILES string of the molecule is C[C@H](NS(=O)(=O)c1ccc2c(c1)OCCCO2)C(=O)OCc1ccc(C(F)(F)F)cc1. The van der Waals surface area contributed by atoms with Crippen LogP contribution in [0.3, 0.4) is 0 Å². The minimum Gasteiger partial charge on any atom is -0.490 e. The zero-order chi connectivity index (χ0) is 22.6. The average Bonchev–Trinajstić information content (AvgIpc) is 2.96. The van der Waals surface area contributed by atoms with Gasteiger partial charge in [-0.3, -0.25) is 4.79 Å². The van der Waals surface area contributed by atoms with E-state index in [1.165, 1.54) is 37.3 Å². The van der Waals surface area contributed by atoms with Gasteiger partial charge in [-0.25, -0.2) is 8.42 Å². The molecule has 1 aliphatic heterocycles. The molecule has 0 saturated heterocycles. The lowest BCUT2D eigenvalue weighted by atomic mass is 10.1. The van der Waals surface area contributed by atoms with Crippen molar-refractivity contribution in [1.29, 1.82) is 0 Å². The van der Waals surface area contributed by atoms with Gasteiger partial charge < -0.3 is 14.2 Å². The van der Waals surface area contributed by atoms with Gasteiger partial charge in [0.2, 0.25) is 10.0 Å². The highest BCUT2D eigenvalue weighted by Crippen LogP contribution is 2.32. The molecule has 3 rings (SSSR count). The van der Waals surface area contributed by atoms with E-state index in [0.29, 0.717) is 30.9 Å². The van der Waals surface area contributed by atoms with Crippen molar-refractivity contribution in [3.63, 3.8) is 0 Å². The van der Waals surface area contributed by atoms with Crippen LogP contribution in [0.25, 0.3) is 0 Å². The molecule has 1 N–H and O–H groups in total. The Morgan fingerprint density at radius 2 is 1.74 bits per heavy atom. The van der Waals surface area contributed by atoms with Crippen LogP contribution in [-0.4, -0.2) is 33.6 Å². The molecule has 1 aliphatic rings. The van der Waals surface area contributed by atoms with Crippen LogP contribution in [0.5, 0.6) is 11.5 Å². The Morgan fingerprint density at radius 3 is 2.39 bits per heavy atom. The molecule has 0 aliphatic carbocycles. The standard InChI is InChI=1S/C20H20F3NO6S/c1-13(19(25)30-12-14-3-5-15(6-4-14)20(21,22)23)24-31(26,27)16-7-8-17-18(11-16)29-10-2-9-28-17/h3-8,11,13,24H,2,9-10,12H2,1H3/t13-/m0/s1. The van der Waals surface area contributed by atoms with E-state index in [-0.39, 0.29) is 17.3 Å². The smallest absolute Gasteiger partial charge is 0.416 e. The van der Waals surface area contributed by atoms with E-state index < -0.39 is 33.8 Å². The number of sulfonamides is 1. The number of carbonyl (C=O) groups excluding carboxylic acids is 1. The van der Waals surface area contributed by atoms with Crippen LogP contribution in [0.15, 0.2) is 47.4 Å². The monoisotopic (exact) mass is 459 g/mol. The lowest BCUT2D eigenvalue weighted by molar-refractivity contribution is -0.146. The number of carbonyl (C=O) groups is 1. The van der Waals surface area contributed by atoms with Crippen LogP contribution >= 0.6 is 0 Å². The Kier molecular flexibility index (Phi) is 6.75. The second kappa shape index (κ2) is 9.15. The molecule has 0 spiro atoms. The van der Waals surface area contributed by atoms with Crippen LogP contribution in [0.4, 0.5) is 13.2 Å². The molecule has 31 heavy (non-hydrogen) atoms. The zero-order valence-corrected chi connectivity index (χ0v) is 17.3. The van der Waals surface area contributed by atoms with Crippen molar-refractivity contribution in [1.82, 2.24) is 4.72 Å². The Labute approximate surface area is 177 Å². The fourth-order valence-electron chi connectivity index (χ4n) is 2.73. The van der Waals surface area contributed by atoms with Crippen LogP contribution in [0.2, 0.25) is 0 Å². The molecule has 2 aromatic rings. The third-order valence-corrected chi connectivity index (χ3v) is 5.92. The molecule has 11 heteroatoms. The third kappa shape index (κ3) is 5.88. The molecule has 0 bridgehead atoms. The molecule has 168 valence electrons. The largest absolute Gasteiger partial charge is 0.490 e. The number of halogens is 3. The summed E-state index contributed by atoms with van der Waals surface area (Å²) in [6.07, 6.45) is -3.80. The number of hydrogen-bond donors (Lipinski definition) is 1. The Bertz CT molecular complexity index is 1040. The van der Waals surface area contributed by atoms with Gasteiger partial charge in [-0.2, -0.15) is 17.9 Å². The Hall–Kier alpha value is -2.79. The third-order valence-electron chi connectivity index (χ3n) is 4.38. The van der Waals surface area contributed by atoms with E-state index in [9.17, 15) is 26.4 Å². The van der Waals surface area contributed by atoms with Gasteiger partial charge in [0.25, 0.3) is 0 Å². The van der Waals surface area contributed by atoms with Crippen molar-refractivity contribution in [2.75, 3.05) is 13.2 Å². The lowest BCUT2D eigenvalue weighted by Crippen LogP contribution is -2.39. The summed E-state index contributed by atoms with van der Waals surface area (Å²) in [5.74, 6) is -0.156. The first kappa shape index (κ1) is 22.9. The van der Waals surface area contributed by atoms with E-state index >= 15 is 0 Å². The maximum absolute atomic E-state index is 12.6. The molecule has 1 atom stereocenters. The van der Waals surface area contributed by atoms with Gasteiger partial charge in [0.15, 0.2) is 11.5 Å². The van der Waals surface area contributed by atoms with Crippen LogP contribution in [0.1, 0.15) is 24.5 Å². The first-order valence-electron chi connectivity index (χ1n) is 9.31. The summed E-state index contributed by atoms with van der Waals surface area (Å²) >= 11 is 0. The molecule has 0 amide bonds. The molecule has 0 radical (unpaired) electrons. The molecule has 7 nitrogen and oxygen atoms in total. The number of ether oxygens (including phenoxy) is 3. The van der Waals surface area contributed by atoms with Crippen molar-refractivity contribution in [2.45, 2.75) is 37.1 Å². The first-order chi connectivity index (χ1) is 14.6. The fraction of sp³-hybridized carbons (Fsp3) is 0.350. The summed E-state index contributed by atoms with van der Waals surface area (Å²) in [6, 6.07) is 7.00. The van der Waals surface area contributed by atoms with Gasteiger partial charge in [0, 0.05) is 12.5 Å². The second-order valence-electron chi connectivity index (χ2n) is 6.80. The van der Waals surface area contributed by atoms with Gasteiger partial charge in [0.1, 0.15) is 12.6 Å². The average molecular weight is 459 g/mol. The maximum Gasteiger partial charge on any atom is 0.416 e. The molecule has 0 aromatic heterocycles. The summed E-state index contributed by atoms with van der Waals surface area (Å²) in [7, 11) is -4.07. The number of fused-ring (bicyclic) bond motifs is 1. The minimum atomic E-state index is -4.46. The van der Waals surface area contributed by atoms with E-state index in [4.69, 9.17) is 14.2 Å². The summed E-state index contributed by atoms with van der Waals surface area (Å²) in [4.78, 5) is 12.0. The van der Waals surface area contributed by atoms with Crippen LogP contribution in [0, 0.1) is 0 Å². The molecule has 0 fully saturated rings. The Balaban J connectivity index is 1.60. The van der Waals surface area contributed by atoms with E-state index in [1.54, 1.807) is 0 Å². The summed E-state index contributed by atoms with van der Waals surface area (Å²) in [5, 5.41) is 0. The van der Waals surface area contributed by atoms with E-state index in [1.807, 2.05) is 0 Å². The van der Waals surface area contributed by atoms with Gasteiger partial charge in [-0.1, -0.05) is 12.1 Å². The first-order valence-corrected chi connectivity index (χ1v) is 10.8. The van der Waals surface area contributed by atoms with Crippen molar-refractivity contribution in [2.24, 2.45) is 0 Å². The lowest BCUT2D eigenvalue weighted by Gasteiger charge is -2.15. The maximum atomic E-state index is 12.6. The summed E-state index contributed by atoms with van der Waals surface area (Å²) in [6.45, 7) is 1.85. The van der Waals surface area contributed by atoms with Gasteiger partial charge in [-0.15, -0.1) is 0 Å². The van der Waals surface area contributed by atoms with E-state index in [2.05, 4.69) is 4.72 Å². The summed E-state index contributed by atoms with van der Waals surface area (Å²) in [5.41, 5.74) is -0.488. The van der Waals surface area contributed by atoms with Crippen molar-refractivity contribution in [3.05, 3.63) is 53.6 Å². The van der Waals surface area contributed by atoms with Crippen molar-refractivity contribution < 1.29 is 40.6 Å². The van der Waals surface area contributed by atoms with Gasteiger partial charge in [0.05, 0.1) is 23.7 Å². The number of nitrogens with one attached hydrogen (secondary N) is 1. The molecule has 0 saturated carbocycles. The molecule has 0 unspecified atom stereocenters. The summed E-state index contributed by atoms with van der Waals surface area (Å²) < 4.78 is 81.1. The van der Waals surface area contributed by atoms with Gasteiger partial charge in [-0.05, 0) is 36.8 Å².